The Labute approximate surface area is 76.0 Å². The van der Waals surface area contributed by atoms with Gasteiger partial charge in [-0.25, -0.2) is 0 Å². The zero-order chi connectivity index (χ0) is 9.61. The minimum atomic E-state index is -0.0604. The Kier molecular flexibility index (Phi) is 5.18. The summed E-state index contributed by atoms with van der Waals surface area (Å²) in [6.07, 6.45) is 0. The highest BCUT2D eigenvalue weighted by Crippen LogP contribution is 2.07. The molecule has 2 heteroatoms. The molecule has 0 aromatic heterocycles. The molecule has 1 N–H and O–H groups in total. The summed E-state index contributed by atoms with van der Waals surface area (Å²) in [6, 6.07) is 0. The van der Waals surface area contributed by atoms with Gasteiger partial charge in [0.15, 0.2) is 0 Å². The van der Waals surface area contributed by atoms with Gasteiger partial charge in [-0.2, -0.15) is 0 Å². The van der Waals surface area contributed by atoms with E-state index in [9.17, 15) is 0 Å². The van der Waals surface area contributed by atoms with Crippen LogP contribution in [0.1, 0.15) is 27.7 Å². The predicted octanol–water partition coefficient (Wildman–Crippen LogP) is 1.97. The van der Waals surface area contributed by atoms with E-state index in [1.54, 1.807) is 0 Å². The Bertz CT molecular complexity index is 135. The lowest BCUT2D eigenvalue weighted by atomic mass is 10.2. The van der Waals surface area contributed by atoms with E-state index >= 15 is 0 Å². The van der Waals surface area contributed by atoms with Crippen LogP contribution in [0.2, 0.25) is 0 Å². The molecule has 72 valence electrons. The highest BCUT2D eigenvalue weighted by atomic mass is 16.5. The van der Waals surface area contributed by atoms with Gasteiger partial charge in [0.25, 0.3) is 0 Å². The van der Waals surface area contributed by atoms with Crippen molar-refractivity contribution in [1.82, 2.24) is 5.32 Å². The third-order valence-corrected chi connectivity index (χ3v) is 1.33. The summed E-state index contributed by atoms with van der Waals surface area (Å²) in [5, 5.41) is 3.20. The molecule has 12 heavy (non-hydrogen) atoms. The van der Waals surface area contributed by atoms with Crippen molar-refractivity contribution in [2.45, 2.75) is 33.3 Å². The van der Waals surface area contributed by atoms with Crippen LogP contribution in [0.25, 0.3) is 0 Å². The van der Waals surface area contributed by atoms with Crippen LogP contribution in [-0.4, -0.2) is 25.3 Å². The van der Waals surface area contributed by atoms with Gasteiger partial charge in [-0.15, -0.1) is 0 Å². The molecule has 0 saturated heterocycles. The summed E-state index contributed by atoms with van der Waals surface area (Å²) in [5.74, 6) is 0. The number of likely N-dealkylation sites (N-methyl/N-ethyl adjacent to an activating group) is 1. The molecule has 0 aliphatic heterocycles. The second-order valence-corrected chi connectivity index (χ2v) is 3.93. The maximum absolute atomic E-state index is 5.55. The molecule has 0 aromatic rings. The number of hydrogen-bond donors (Lipinski definition) is 1. The maximum Gasteiger partial charge on any atom is 0.0693 e. The quantitative estimate of drug-likeness (QED) is 0.638. The molecule has 0 aliphatic rings. The molecule has 0 saturated carbocycles. The Balaban J connectivity index is 3.44. The van der Waals surface area contributed by atoms with E-state index < -0.39 is 0 Å². The standard InChI is InChI=1S/C10H21NO/c1-6-11-7-9(2)8-12-10(3,4)5/h11H,2,6-8H2,1,3-5H3. The first-order chi connectivity index (χ1) is 5.45. The van der Waals surface area contributed by atoms with Crippen LogP contribution < -0.4 is 5.32 Å². The molecule has 0 unspecified atom stereocenters. The zero-order valence-corrected chi connectivity index (χ0v) is 8.74. The third-order valence-electron chi connectivity index (χ3n) is 1.33. The highest BCUT2D eigenvalue weighted by molar-refractivity contribution is 4.97. The van der Waals surface area contributed by atoms with E-state index in [1.807, 2.05) is 20.8 Å². The minimum Gasteiger partial charge on any atom is -0.371 e. The van der Waals surface area contributed by atoms with Crippen molar-refractivity contribution in [2.75, 3.05) is 19.7 Å². The van der Waals surface area contributed by atoms with Gasteiger partial charge in [-0.1, -0.05) is 13.5 Å². The van der Waals surface area contributed by atoms with Gasteiger partial charge < -0.3 is 10.1 Å². The van der Waals surface area contributed by atoms with Crippen molar-refractivity contribution in [3.05, 3.63) is 12.2 Å². The molecule has 2 nitrogen and oxygen atoms in total. The van der Waals surface area contributed by atoms with E-state index in [-0.39, 0.29) is 5.60 Å². The van der Waals surface area contributed by atoms with Crippen LogP contribution in [0, 0.1) is 0 Å². The Morgan fingerprint density at radius 1 is 1.42 bits per heavy atom. The fourth-order valence-electron chi connectivity index (χ4n) is 0.671. The Morgan fingerprint density at radius 2 is 2.00 bits per heavy atom. The molecule has 0 amide bonds. The van der Waals surface area contributed by atoms with E-state index in [1.165, 1.54) is 0 Å². The fourth-order valence-corrected chi connectivity index (χ4v) is 0.671. The molecular formula is C10H21NO. The fraction of sp³-hybridized carbons (Fsp3) is 0.800. The maximum atomic E-state index is 5.55. The van der Waals surface area contributed by atoms with E-state index in [0.29, 0.717) is 6.61 Å². The highest BCUT2D eigenvalue weighted by Gasteiger charge is 2.09. The van der Waals surface area contributed by atoms with Gasteiger partial charge in [-0.3, -0.25) is 0 Å². The average Bonchev–Trinajstić information content (AvgIpc) is 1.95. The largest absolute Gasteiger partial charge is 0.371 e. The van der Waals surface area contributed by atoms with Crippen LogP contribution in [0.3, 0.4) is 0 Å². The average molecular weight is 171 g/mol. The first kappa shape index (κ1) is 11.7. The first-order valence-electron chi connectivity index (χ1n) is 4.47. The number of rotatable bonds is 5. The van der Waals surface area contributed by atoms with Crippen molar-refractivity contribution < 1.29 is 4.74 Å². The summed E-state index contributed by atoms with van der Waals surface area (Å²) in [7, 11) is 0. The SMILES string of the molecule is C=C(CNCC)COC(C)(C)C. The van der Waals surface area contributed by atoms with Crippen LogP contribution in [0.5, 0.6) is 0 Å². The molecule has 0 radical (unpaired) electrons. The monoisotopic (exact) mass is 171 g/mol. The van der Waals surface area contributed by atoms with Gasteiger partial charge in [0.1, 0.15) is 0 Å². The topological polar surface area (TPSA) is 21.3 Å². The number of ether oxygens (including phenoxy) is 1. The normalized spacial score (nSPS) is 11.7. The summed E-state index contributed by atoms with van der Waals surface area (Å²) in [4.78, 5) is 0. The second-order valence-electron chi connectivity index (χ2n) is 3.93. The lowest BCUT2D eigenvalue weighted by Crippen LogP contribution is -2.24. The van der Waals surface area contributed by atoms with Crippen LogP contribution in [0.15, 0.2) is 12.2 Å². The summed E-state index contributed by atoms with van der Waals surface area (Å²) in [5.41, 5.74) is 1.04. The van der Waals surface area contributed by atoms with Crippen LogP contribution >= 0.6 is 0 Å². The van der Waals surface area contributed by atoms with Crippen molar-refractivity contribution in [2.24, 2.45) is 0 Å². The Hall–Kier alpha value is -0.340. The van der Waals surface area contributed by atoms with Gasteiger partial charge in [0, 0.05) is 6.54 Å². The molecule has 0 fully saturated rings. The number of hydrogen-bond acceptors (Lipinski definition) is 2. The van der Waals surface area contributed by atoms with Crippen molar-refractivity contribution in [3.63, 3.8) is 0 Å². The van der Waals surface area contributed by atoms with Crippen molar-refractivity contribution >= 4 is 0 Å². The zero-order valence-electron chi connectivity index (χ0n) is 8.74. The predicted molar refractivity (Wildman–Crippen MR) is 53.4 cm³/mol. The molecule has 0 aliphatic carbocycles. The molecule has 0 atom stereocenters. The van der Waals surface area contributed by atoms with Crippen LogP contribution in [0.4, 0.5) is 0 Å². The molecule has 0 rings (SSSR count). The molecule has 0 spiro atoms. The molecule has 0 bridgehead atoms. The third kappa shape index (κ3) is 7.76. The first-order valence-corrected chi connectivity index (χ1v) is 4.47. The van der Waals surface area contributed by atoms with Gasteiger partial charge in [-0.05, 0) is 32.9 Å². The van der Waals surface area contributed by atoms with E-state index in [4.69, 9.17) is 4.74 Å². The minimum absolute atomic E-state index is 0.0604. The van der Waals surface area contributed by atoms with Gasteiger partial charge in [0.2, 0.25) is 0 Å². The van der Waals surface area contributed by atoms with Crippen molar-refractivity contribution in [3.8, 4) is 0 Å². The molecule has 0 aromatic carbocycles. The lowest BCUT2D eigenvalue weighted by Gasteiger charge is -2.20. The summed E-state index contributed by atoms with van der Waals surface area (Å²) >= 11 is 0. The lowest BCUT2D eigenvalue weighted by molar-refractivity contribution is 0.0107. The summed E-state index contributed by atoms with van der Waals surface area (Å²) < 4.78 is 5.55. The summed E-state index contributed by atoms with van der Waals surface area (Å²) in [6.45, 7) is 14.6. The van der Waals surface area contributed by atoms with Crippen LogP contribution in [-0.2, 0) is 4.74 Å². The van der Waals surface area contributed by atoms with Gasteiger partial charge >= 0.3 is 0 Å². The van der Waals surface area contributed by atoms with E-state index in [2.05, 4.69) is 18.8 Å². The molecule has 0 heterocycles. The molecular weight excluding hydrogens is 150 g/mol. The van der Waals surface area contributed by atoms with Crippen molar-refractivity contribution in [1.29, 1.82) is 0 Å². The van der Waals surface area contributed by atoms with Gasteiger partial charge in [0.05, 0.1) is 12.2 Å². The number of nitrogens with one attached hydrogen (secondary N) is 1. The van der Waals surface area contributed by atoms with E-state index in [0.717, 1.165) is 18.7 Å². The Morgan fingerprint density at radius 3 is 2.42 bits per heavy atom. The second kappa shape index (κ2) is 5.33. The smallest absolute Gasteiger partial charge is 0.0693 e.